The summed E-state index contributed by atoms with van der Waals surface area (Å²) in [5, 5.41) is 1.07. The van der Waals surface area contributed by atoms with E-state index in [1.807, 2.05) is 18.2 Å². The van der Waals surface area contributed by atoms with Crippen LogP contribution in [0.25, 0.3) is 11.0 Å². The molecule has 1 heterocycles. The number of halogens is 1. The van der Waals surface area contributed by atoms with Crippen LogP contribution >= 0.6 is 15.9 Å². The highest BCUT2D eigenvalue weighted by atomic mass is 79.9. The van der Waals surface area contributed by atoms with Gasteiger partial charge in [0.25, 0.3) is 0 Å². The van der Waals surface area contributed by atoms with E-state index in [-0.39, 0.29) is 0 Å². The summed E-state index contributed by atoms with van der Waals surface area (Å²) in [6.07, 6.45) is 1.66. The summed E-state index contributed by atoms with van der Waals surface area (Å²) in [7, 11) is 1.64. The Morgan fingerprint density at radius 3 is 3.00 bits per heavy atom. The zero-order valence-corrected chi connectivity index (χ0v) is 8.09. The van der Waals surface area contributed by atoms with Gasteiger partial charge in [0, 0.05) is 15.9 Å². The molecule has 1 aromatic carbocycles. The largest absolute Gasteiger partial charge is 0.497 e. The van der Waals surface area contributed by atoms with E-state index in [2.05, 4.69) is 15.9 Å². The quantitative estimate of drug-likeness (QED) is 0.746. The zero-order chi connectivity index (χ0) is 8.55. The van der Waals surface area contributed by atoms with E-state index in [1.54, 1.807) is 13.4 Å². The molecule has 12 heavy (non-hydrogen) atoms. The highest BCUT2D eigenvalue weighted by Crippen LogP contribution is 2.29. The minimum absolute atomic E-state index is 0.796. The van der Waals surface area contributed by atoms with Crippen molar-refractivity contribution in [2.75, 3.05) is 7.11 Å². The van der Waals surface area contributed by atoms with Crippen LogP contribution in [0.15, 0.2) is 33.4 Å². The normalized spacial score (nSPS) is 10.5. The molecule has 2 aromatic rings. The summed E-state index contributed by atoms with van der Waals surface area (Å²) in [5.41, 5.74) is 0.834. The first kappa shape index (κ1) is 7.68. The first-order chi connectivity index (χ1) is 5.81. The van der Waals surface area contributed by atoms with Gasteiger partial charge in [0.2, 0.25) is 0 Å². The average Bonchev–Trinajstić information content (AvgIpc) is 2.52. The lowest BCUT2D eigenvalue weighted by Gasteiger charge is -1.99. The van der Waals surface area contributed by atoms with Gasteiger partial charge >= 0.3 is 0 Å². The lowest BCUT2D eigenvalue weighted by Crippen LogP contribution is -1.81. The molecule has 62 valence electrons. The van der Waals surface area contributed by atoms with Crippen molar-refractivity contribution in [3.63, 3.8) is 0 Å². The summed E-state index contributed by atoms with van der Waals surface area (Å²) in [4.78, 5) is 0. The number of furan rings is 1. The Bertz CT molecular complexity index is 406. The molecular weight excluding hydrogens is 220 g/mol. The summed E-state index contributed by atoms with van der Waals surface area (Å²) >= 11 is 3.43. The molecule has 1 aromatic heterocycles. The Hall–Kier alpha value is -0.960. The third-order valence-corrected chi connectivity index (χ3v) is 2.39. The molecule has 0 saturated carbocycles. The second-order valence-electron chi connectivity index (χ2n) is 2.44. The second-order valence-corrected chi connectivity index (χ2v) is 3.30. The minimum atomic E-state index is 0.796. The molecule has 0 atom stereocenters. The van der Waals surface area contributed by atoms with Crippen molar-refractivity contribution in [3.8, 4) is 5.75 Å². The van der Waals surface area contributed by atoms with E-state index < -0.39 is 0 Å². The highest BCUT2D eigenvalue weighted by molar-refractivity contribution is 9.10. The maximum absolute atomic E-state index is 5.23. The predicted molar refractivity (Wildman–Crippen MR) is 50.5 cm³/mol. The molecule has 0 amide bonds. The Labute approximate surface area is 78.3 Å². The molecule has 0 bridgehead atoms. The lowest BCUT2D eigenvalue weighted by atomic mass is 10.2. The van der Waals surface area contributed by atoms with Gasteiger partial charge in [-0.25, -0.2) is 0 Å². The Balaban J connectivity index is 2.75. The van der Waals surface area contributed by atoms with Crippen LogP contribution in [0.3, 0.4) is 0 Å². The average molecular weight is 227 g/mol. The first-order valence-corrected chi connectivity index (χ1v) is 4.31. The van der Waals surface area contributed by atoms with Gasteiger partial charge in [0.1, 0.15) is 11.3 Å². The van der Waals surface area contributed by atoms with Gasteiger partial charge in [-0.1, -0.05) is 0 Å². The van der Waals surface area contributed by atoms with Crippen molar-refractivity contribution >= 4 is 26.9 Å². The number of hydrogen-bond acceptors (Lipinski definition) is 2. The van der Waals surface area contributed by atoms with Crippen LogP contribution in [0.4, 0.5) is 0 Å². The fraction of sp³-hybridized carbons (Fsp3) is 0.111. The fourth-order valence-corrected chi connectivity index (χ4v) is 1.67. The first-order valence-electron chi connectivity index (χ1n) is 3.52. The SMILES string of the molecule is COc1cc(Br)c2ccoc2c1. The molecular formula is C9H7BrO2. The van der Waals surface area contributed by atoms with Crippen LogP contribution in [0.1, 0.15) is 0 Å². The summed E-state index contributed by atoms with van der Waals surface area (Å²) in [6, 6.07) is 5.69. The third-order valence-electron chi connectivity index (χ3n) is 1.73. The Morgan fingerprint density at radius 2 is 2.25 bits per heavy atom. The topological polar surface area (TPSA) is 22.4 Å². The molecule has 0 unspecified atom stereocenters. The maximum Gasteiger partial charge on any atom is 0.138 e. The van der Waals surface area contributed by atoms with Crippen LogP contribution < -0.4 is 4.74 Å². The van der Waals surface area contributed by atoms with Crippen LogP contribution in [-0.2, 0) is 0 Å². The summed E-state index contributed by atoms with van der Waals surface area (Å²) in [5.74, 6) is 0.796. The molecule has 0 aliphatic heterocycles. The molecule has 2 rings (SSSR count). The molecule has 0 aliphatic rings. The molecule has 2 nitrogen and oxygen atoms in total. The predicted octanol–water partition coefficient (Wildman–Crippen LogP) is 3.20. The number of ether oxygens (including phenoxy) is 1. The molecule has 0 saturated heterocycles. The van der Waals surface area contributed by atoms with E-state index in [1.165, 1.54) is 0 Å². The number of benzene rings is 1. The van der Waals surface area contributed by atoms with Gasteiger partial charge in [-0.15, -0.1) is 0 Å². The van der Waals surface area contributed by atoms with Crippen molar-refractivity contribution in [1.29, 1.82) is 0 Å². The molecule has 0 N–H and O–H groups in total. The van der Waals surface area contributed by atoms with Gasteiger partial charge < -0.3 is 9.15 Å². The fourth-order valence-electron chi connectivity index (χ4n) is 1.12. The van der Waals surface area contributed by atoms with E-state index in [0.29, 0.717) is 0 Å². The lowest BCUT2D eigenvalue weighted by molar-refractivity contribution is 0.414. The number of fused-ring (bicyclic) bond motifs is 1. The molecule has 0 spiro atoms. The van der Waals surface area contributed by atoms with Crippen molar-refractivity contribution in [2.45, 2.75) is 0 Å². The van der Waals surface area contributed by atoms with E-state index >= 15 is 0 Å². The molecule has 3 heteroatoms. The van der Waals surface area contributed by atoms with Gasteiger partial charge in [-0.3, -0.25) is 0 Å². The van der Waals surface area contributed by atoms with Crippen molar-refractivity contribution < 1.29 is 9.15 Å². The standard InChI is InChI=1S/C9H7BrO2/c1-11-6-4-8(10)7-2-3-12-9(7)5-6/h2-5H,1H3. The number of rotatable bonds is 1. The van der Waals surface area contributed by atoms with Gasteiger partial charge in [-0.05, 0) is 28.1 Å². The third kappa shape index (κ3) is 1.10. The second kappa shape index (κ2) is 2.83. The highest BCUT2D eigenvalue weighted by Gasteiger charge is 2.03. The van der Waals surface area contributed by atoms with Crippen molar-refractivity contribution in [1.82, 2.24) is 0 Å². The molecule has 0 fully saturated rings. The monoisotopic (exact) mass is 226 g/mol. The maximum atomic E-state index is 5.23. The molecule has 0 radical (unpaired) electrons. The van der Waals surface area contributed by atoms with Crippen LogP contribution in [0.2, 0.25) is 0 Å². The summed E-state index contributed by atoms with van der Waals surface area (Å²) in [6.45, 7) is 0. The van der Waals surface area contributed by atoms with Crippen LogP contribution in [-0.4, -0.2) is 7.11 Å². The van der Waals surface area contributed by atoms with Crippen LogP contribution in [0, 0.1) is 0 Å². The van der Waals surface area contributed by atoms with E-state index in [9.17, 15) is 0 Å². The van der Waals surface area contributed by atoms with Crippen LogP contribution in [0.5, 0.6) is 5.75 Å². The Morgan fingerprint density at radius 1 is 1.42 bits per heavy atom. The number of methoxy groups -OCH3 is 1. The smallest absolute Gasteiger partial charge is 0.138 e. The van der Waals surface area contributed by atoms with Crippen molar-refractivity contribution in [2.24, 2.45) is 0 Å². The van der Waals surface area contributed by atoms with E-state index in [0.717, 1.165) is 21.2 Å². The van der Waals surface area contributed by atoms with Gasteiger partial charge in [0.15, 0.2) is 0 Å². The molecule has 0 aliphatic carbocycles. The van der Waals surface area contributed by atoms with Crippen molar-refractivity contribution in [3.05, 3.63) is 28.9 Å². The van der Waals surface area contributed by atoms with Gasteiger partial charge in [-0.2, -0.15) is 0 Å². The minimum Gasteiger partial charge on any atom is -0.497 e. The number of hydrogen-bond donors (Lipinski definition) is 0. The zero-order valence-electron chi connectivity index (χ0n) is 6.50. The van der Waals surface area contributed by atoms with Gasteiger partial charge in [0.05, 0.1) is 13.4 Å². The summed E-state index contributed by atoms with van der Waals surface area (Å²) < 4.78 is 11.3. The van der Waals surface area contributed by atoms with E-state index in [4.69, 9.17) is 9.15 Å². The Kier molecular flexibility index (Phi) is 1.81.